The Kier molecular flexibility index (Phi) is 9.37. The van der Waals surface area contributed by atoms with Gasteiger partial charge >= 0.3 is 5.97 Å². The third kappa shape index (κ3) is 6.78. The minimum Gasteiger partial charge on any atom is -0.428 e. The van der Waals surface area contributed by atoms with E-state index < -0.39 is 29.7 Å². The molecule has 28 heavy (non-hydrogen) atoms. The van der Waals surface area contributed by atoms with Crippen LogP contribution < -0.4 is 5.32 Å². The van der Waals surface area contributed by atoms with Gasteiger partial charge in [0.25, 0.3) is 0 Å². The quantitative estimate of drug-likeness (QED) is 0.188. The van der Waals surface area contributed by atoms with Crippen LogP contribution in [0.4, 0.5) is 0 Å². The average Bonchev–Trinajstić information content (AvgIpc) is 3.19. The monoisotopic (exact) mass is 411 g/mol. The summed E-state index contributed by atoms with van der Waals surface area (Å²) in [5, 5.41) is 18.8. The van der Waals surface area contributed by atoms with Gasteiger partial charge < -0.3 is 15.2 Å². The van der Waals surface area contributed by atoms with Crippen LogP contribution in [0.3, 0.4) is 0 Å². The predicted molar refractivity (Wildman–Crippen MR) is 107 cm³/mol. The lowest BCUT2D eigenvalue weighted by molar-refractivity contribution is -0.177. The summed E-state index contributed by atoms with van der Waals surface area (Å²) in [6, 6.07) is -1.33. The van der Waals surface area contributed by atoms with Crippen molar-refractivity contribution in [3.63, 3.8) is 0 Å². The molecule has 2 N–H and O–H groups in total. The Labute approximate surface area is 169 Å². The molecule has 0 aliphatic rings. The molecule has 1 amide bonds. The fourth-order valence-corrected chi connectivity index (χ4v) is 3.09. The number of carbonyl (C=O) groups excluding carboxylic acids is 2. The topological polar surface area (TPSA) is 137 Å². The molecule has 10 heteroatoms. The summed E-state index contributed by atoms with van der Waals surface area (Å²) in [4.78, 5) is 31.5. The van der Waals surface area contributed by atoms with Gasteiger partial charge in [0.15, 0.2) is 5.69 Å². The number of ether oxygens (including phenoxy) is 1. The molecule has 4 atom stereocenters. The number of hydrogen-bond donors (Lipinski definition) is 2. The van der Waals surface area contributed by atoms with Crippen molar-refractivity contribution in [2.24, 2.45) is 17.0 Å². The first-order valence-electron chi connectivity index (χ1n) is 9.35. The largest absolute Gasteiger partial charge is 0.428 e. The first-order chi connectivity index (χ1) is 13.2. The van der Waals surface area contributed by atoms with Crippen molar-refractivity contribution in [1.82, 2.24) is 10.3 Å². The number of rotatable bonds is 11. The molecule has 1 heterocycles. The maximum atomic E-state index is 12.7. The molecule has 0 saturated heterocycles. The minimum absolute atomic E-state index is 0.00623. The molecule has 0 aliphatic carbocycles. The van der Waals surface area contributed by atoms with Crippen molar-refractivity contribution < 1.29 is 19.4 Å². The van der Waals surface area contributed by atoms with E-state index in [4.69, 9.17) is 10.3 Å². The highest BCUT2D eigenvalue weighted by Gasteiger charge is 2.36. The number of thiazole rings is 1. The molecule has 0 unspecified atom stereocenters. The highest BCUT2D eigenvalue weighted by Crippen LogP contribution is 2.25. The van der Waals surface area contributed by atoms with Crippen LogP contribution in [0, 0.1) is 11.8 Å². The summed E-state index contributed by atoms with van der Waals surface area (Å²) in [6.45, 7) is 9.20. The van der Waals surface area contributed by atoms with Crippen LogP contribution in [0.2, 0.25) is 0 Å². The second-order valence-corrected chi connectivity index (χ2v) is 7.88. The molecule has 9 nitrogen and oxygen atoms in total. The van der Waals surface area contributed by atoms with Gasteiger partial charge in [-0.15, -0.1) is 11.3 Å². The first kappa shape index (κ1) is 23.9. The van der Waals surface area contributed by atoms with E-state index in [1.165, 1.54) is 22.2 Å². The van der Waals surface area contributed by atoms with Crippen molar-refractivity contribution in [3.8, 4) is 0 Å². The van der Waals surface area contributed by atoms with Gasteiger partial charge in [-0.3, -0.25) is 4.79 Å². The van der Waals surface area contributed by atoms with E-state index in [2.05, 4.69) is 20.3 Å². The summed E-state index contributed by atoms with van der Waals surface area (Å²) < 4.78 is 5.30. The standard InChI is InChI=1S/C18H29N5O4S/c1-6-12(5)15(22-23-19)16(24)21-13(11(3)4)8-18(26,7-2)27-17(25)14-9-28-10-20-14/h9-13,15,26H,6-8H2,1-5H3,(H,21,24)/t12-,13+,15-,18+/m0/s1. The van der Waals surface area contributed by atoms with E-state index in [0.29, 0.717) is 6.42 Å². The van der Waals surface area contributed by atoms with Crippen molar-refractivity contribution in [3.05, 3.63) is 27.0 Å². The number of amides is 1. The Morgan fingerprint density at radius 2 is 2.11 bits per heavy atom. The van der Waals surface area contributed by atoms with E-state index in [0.717, 1.165) is 0 Å². The van der Waals surface area contributed by atoms with Crippen molar-refractivity contribution >= 4 is 23.2 Å². The Hall–Kier alpha value is -2.16. The molecule has 0 aromatic carbocycles. The molecular weight excluding hydrogens is 382 g/mol. The van der Waals surface area contributed by atoms with Gasteiger partial charge in [-0.05, 0) is 17.4 Å². The van der Waals surface area contributed by atoms with Crippen LogP contribution >= 0.6 is 11.3 Å². The molecule has 1 rings (SSSR count). The third-order valence-corrected chi connectivity index (χ3v) is 5.36. The maximum Gasteiger partial charge on any atom is 0.360 e. The second-order valence-electron chi connectivity index (χ2n) is 7.16. The fraction of sp³-hybridized carbons (Fsp3) is 0.722. The Balaban J connectivity index is 2.92. The molecule has 156 valence electrons. The van der Waals surface area contributed by atoms with Gasteiger partial charge in [0.05, 0.1) is 5.51 Å². The van der Waals surface area contributed by atoms with Gasteiger partial charge in [0.1, 0.15) is 6.04 Å². The smallest absolute Gasteiger partial charge is 0.360 e. The van der Waals surface area contributed by atoms with Crippen LogP contribution in [-0.2, 0) is 9.53 Å². The molecule has 1 aromatic heterocycles. The highest BCUT2D eigenvalue weighted by atomic mass is 32.1. The van der Waals surface area contributed by atoms with E-state index >= 15 is 0 Å². The number of hydrogen-bond acceptors (Lipinski definition) is 7. The highest BCUT2D eigenvalue weighted by molar-refractivity contribution is 7.07. The number of azide groups is 1. The lowest BCUT2D eigenvalue weighted by Gasteiger charge is -2.33. The van der Waals surface area contributed by atoms with Crippen molar-refractivity contribution in [1.29, 1.82) is 0 Å². The SMILES string of the molecule is CC[C@H](C)[C@H](N=[N+]=[N-])C(=O)N[C@H](C[C@@](O)(CC)OC(=O)c1cscn1)C(C)C. The van der Waals surface area contributed by atoms with Gasteiger partial charge in [-0.1, -0.05) is 46.2 Å². The molecule has 0 bridgehead atoms. The maximum absolute atomic E-state index is 12.7. The Morgan fingerprint density at radius 1 is 1.43 bits per heavy atom. The normalized spacial score (nSPS) is 16.4. The number of esters is 1. The third-order valence-electron chi connectivity index (χ3n) is 4.78. The van der Waals surface area contributed by atoms with E-state index in [9.17, 15) is 14.7 Å². The fourth-order valence-electron chi connectivity index (χ4n) is 2.57. The molecule has 0 spiro atoms. The number of aliphatic hydroxyl groups is 1. The van der Waals surface area contributed by atoms with Gasteiger partial charge in [0, 0.05) is 29.2 Å². The molecule has 1 aromatic rings. The summed E-state index contributed by atoms with van der Waals surface area (Å²) in [7, 11) is 0. The predicted octanol–water partition coefficient (Wildman–Crippen LogP) is 3.65. The summed E-state index contributed by atoms with van der Waals surface area (Å²) in [5.74, 6) is -3.06. The lowest BCUT2D eigenvalue weighted by Crippen LogP contribution is -2.50. The molecule has 0 fully saturated rings. The Bertz CT molecular complexity index is 690. The van der Waals surface area contributed by atoms with Gasteiger partial charge in [-0.2, -0.15) is 0 Å². The lowest BCUT2D eigenvalue weighted by atomic mass is 9.93. The van der Waals surface area contributed by atoms with E-state index in [1.54, 1.807) is 6.92 Å². The zero-order valence-corrected chi connectivity index (χ0v) is 17.8. The summed E-state index contributed by atoms with van der Waals surface area (Å²) in [5.41, 5.74) is 10.4. The zero-order valence-electron chi connectivity index (χ0n) is 17.0. The van der Waals surface area contributed by atoms with E-state index in [-0.39, 0.29) is 30.4 Å². The average molecular weight is 412 g/mol. The first-order valence-corrected chi connectivity index (χ1v) is 10.3. The number of nitrogens with one attached hydrogen (secondary N) is 1. The van der Waals surface area contributed by atoms with Crippen LogP contribution in [0.15, 0.2) is 16.0 Å². The molecule has 0 saturated carbocycles. The summed E-state index contributed by atoms with van der Waals surface area (Å²) >= 11 is 1.25. The second kappa shape index (κ2) is 11.0. The van der Waals surface area contributed by atoms with Crippen LogP contribution in [0.25, 0.3) is 10.4 Å². The Morgan fingerprint density at radius 3 is 2.57 bits per heavy atom. The molecular formula is C18H29N5O4S. The summed E-state index contributed by atoms with van der Waals surface area (Å²) in [6.07, 6.45) is 0.826. The van der Waals surface area contributed by atoms with Crippen molar-refractivity contribution in [2.45, 2.75) is 71.8 Å². The van der Waals surface area contributed by atoms with Crippen LogP contribution in [0.5, 0.6) is 0 Å². The van der Waals surface area contributed by atoms with Gasteiger partial charge in [-0.25, -0.2) is 9.78 Å². The van der Waals surface area contributed by atoms with Crippen LogP contribution in [-0.4, -0.2) is 39.8 Å². The van der Waals surface area contributed by atoms with Gasteiger partial charge in [0.2, 0.25) is 11.7 Å². The number of carbonyl (C=O) groups is 2. The van der Waals surface area contributed by atoms with E-state index in [1.807, 2.05) is 27.7 Å². The van der Waals surface area contributed by atoms with Crippen molar-refractivity contribution in [2.75, 3.05) is 0 Å². The number of aromatic nitrogens is 1. The molecule has 0 aliphatic heterocycles. The molecule has 0 radical (unpaired) electrons. The van der Waals surface area contributed by atoms with Crippen LogP contribution in [0.1, 0.15) is 64.4 Å². The minimum atomic E-state index is -1.76. The number of nitrogens with zero attached hydrogens (tertiary/aromatic N) is 4. The zero-order chi connectivity index (χ0) is 21.3.